The Labute approximate surface area is 128 Å². The zero-order valence-corrected chi connectivity index (χ0v) is 14.2. The molecule has 114 valence electrons. The SMILES string of the molecule is CCCC(C)N(C)c1ccc(Cl)c(CNCC(C)C)n1. The van der Waals surface area contributed by atoms with Crippen LogP contribution in [0.2, 0.25) is 5.02 Å². The third-order valence-corrected chi connectivity index (χ3v) is 3.82. The average Bonchev–Trinajstić information content (AvgIpc) is 2.40. The second-order valence-electron chi connectivity index (χ2n) is 5.87. The molecule has 0 aliphatic rings. The molecule has 0 saturated carbocycles. The molecule has 1 heterocycles. The van der Waals surface area contributed by atoms with Crippen LogP contribution in [-0.4, -0.2) is 24.6 Å². The van der Waals surface area contributed by atoms with Gasteiger partial charge in [-0.3, -0.25) is 0 Å². The predicted octanol–water partition coefficient (Wildman–Crippen LogP) is 4.11. The summed E-state index contributed by atoms with van der Waals surface area (Å²) in [4.78, 5) is 6.93. The van der Waals surface area contributed by atoms with Crippen molar-refractivity contribution in [2.24, 2.45) is 5.92 Å². The molecule has 0 amide bonds. The molecule has 0 saturated heterocycles. The molecular weight excluding hydrogens is 270 g/mol. The van der Waals surface area contributed by atoms with E-state index in [2.05, 4.69) is 45.0 Å². The lowest BCUT2D eigenvalue weighted by Crippen LogP contribution is -2.30. The number of hydrogen-bond acceptors (Lipinski definition) is 3. The molecule has 1 rings (SSSR count). The molecule has 0 spiro atoms. The van der Waals surface area contributed by atoms with Gasteiger partial charge in [0.1, 0.15) is 5.82 Å². The first-order chi connectivity index (χ1) is 9.45. The minimum absolute atomic E-state index is 0.491. The summed E-state index contributed by atoms with van der Waals surface area (Å²) in [5, 5.41) is 4.13. The molecule has 0 aliphatic carbocycles. The highest BCUT2D eigenvalue weighted by atomic mass is 35.5. The molecule has 1 atom stereocenters. The summed E-state index contributed by atoms with van der Waals surface area (Å²) in [6.45, 7) is 10.5. The van der Waals surface area contributed by atoms with E-state index in [0.717, 1.165) is 29.6 Å². The van der Waals surface area contributed by atoms with Crippen molar-refractivity contribution in [1.82, 2.24) is 10.3 Å². The summed E-state index contributed by atoms with van der Waals surface area (Å²) in [6.07, 6.45) is 2.35. The highest BCUT2D eigenvalue weighted by Crippen LogP contribution is 2.21. The van der Waals surface area contributed by atoms with Crippen LogP contribution in [0, 0.1) is 5.92 Å². The quantitative estimate of drug-likeness (QED) is 0.783. The van der Waals surface area contributed by atoms with Gasteiger partial charge < -0.3 is 10.2 Å². The number of nitrogens with one attached hydrogen (secondary N) is 1. The second kappa shape index (κ2) is 8.48. The second-order valence-corrected chi connectivity index (χ2v) is 6.28. The van der Waals surface area contributed by atoms with E-state index in [-0.39, 0.29) is 0 Å². The van der Waals surface area contributed by atoms with Crippen LogP contribution < -0.4 is 10.2 Å². The van der Waals surface area contributed by atoms with Crippen LogP contribution in [0.15, 0.2) is 12.1 Å². The topological polar surface area (TPSA) is 28.2 Å². The molecule has 0 aromatic carbocycles. The Bertz CT molecular complexity index is 407. The number of rotatable bonds is 8. The van der Waals surface area contributed by atoms with E-state index in [1.807, 2.05) is 12.1 Å². The molecule has 1 aromatic rings. The van der Waals surface area contributed by atoms with Gasteiger partial charge in [0.15, 0.2) is 0 Å². The van der Waals surface area contributed by atoms with Crippen molar-refractivity contribution in [3.05, 3.63) is 22.8 Å². The summed E-state index contributed by atoms with van der Waals surface area (Å²) in [5.74, 6) is 1.63. The Morgan fingerprint density at radius 1 is 1.30 bits per heavy atom. The Morgan fingerprint density at radius 3 is 2.60 bits per heavy atom. The molecule has 0 bridgehead atoms. The molecule has 4 heteroatoms. The van der Waals surface area contributed by atoms with Crippen LogP contribution in [0.3, 0.4) is 0 Å². The lowest BCUT2D eigenvalue weighted by molar-refractivity contribution is 0.547. The summed E-state index contributed by atoms with van der Waals surface area (Å²) >= 11 is 6.24. The molecule has 1 aromatic heterocycles. The van der Waals surface area contributed by atoms with Gasteiger partial charge in [-0.2, -0.15) is 0 Å². The summed E-state index contributed by atoms with van der Waals surface area (Å²) in [6, 6.07) is 4.44. The first-order valence-electron chi connectivity index (χ1n) is 7.54. The van der Waals surface area contributed by atoms with Crippen molar-refractivity contribution in [2.45, 2.75) is 53.1 Å². The van der Waals surface area contributed by atoms with E-state index < -0.39 is 0 Å². The largest absolute Gasteiger partial charge is 0.357 e. The van der Waals surface area contributed by atoms with Crippen LogP contribution in [0.4, 0.5) is 5.82 Å². The number of halogens is 1. The van der Waals surface area contributed by atoms with Crippen LogP contribution in [0.5, 0.6) is 0 Å². The molecule has 0 fully saturated rings. The van der Waals surface area contributed by atoms with Crippen molar-refractivity contribution in [3.8, 4) is 0 Å². The normalized spacial score (nSPS) is 12.8. The predicted molar refractivity (Wildman–Crippen MR) is 88.6 cm³/mol. The lowest BCUT2D eigenvalue weighted by Gasteiger charge is -2.26. The highest BCUT2D eigenvalue weighted by Gasteiger charge is 2.12. The van der Waals surface area contributed by atoms with Gasteiger partial charge >= 0.3 is 0 Å². The molecule has 20 heavy (non-hydrogen) atoms. The van der Waals surface area contributed by atoms with Gasteiger partial charge in [0.05, 0.1) is 10.7 Å². The number of anilines is 1. The van der Waals surface area contributed by atoms with Gasteiger partial charge in [-0.05, 0) is 37.9 Å². The van der Waals surface area contributed by atoms with Gasteiger partial charge in [0.25, 0.3) is 0 Å². The number of aromatic nitrogens is 1. The Morgan fingerprint density at radius 2 is 2.00 bits per heavy atom. The van der Waals surface area contributed by atoms with Gasteiger partial charge in [-0.25, -0.2) is 4.98 Å². The van der Waals surface area contributed by atoms with E-state index >= 15 is 0 Å². The van der Waals surface area contributed by atoms with Gasteiger partial charge in [-0.15, -0.1) is 0 Å². The number of pyridine rings is 1. The minimum atomic E-state index is 0.491. The standard InChI is InChI=1S/C16H28ClN3/c1-6-7-13(4)20(5)16-9-8-14(17)15(19-16)11-18-10-12(2)3/h8-9,12-13,18H,6-7,10-11H2,1-5H3. The maximum Gasteiger partial charge on any atom is 0.128 e. The summed E-state index contributed by atoms with van der Waals surface area (Å²) < 4.78 is 0. The number of nitrogens with zero attached hydrogens (tertiary/aromatic N) is 2. The van der Waals surface area contributed by atoms with E-state index in [0.29, 0.717) is 12.0 Å². The van der Waals surface area contributed by atoms with Crippen LogP contribution in [-0.2, 0) is 6.54 Å². The summed E-state index contributed by atoms with van der Waals surface area (Å²) in [5.41, 5.74) is 0.931. The fourth-order valence-corrected chi connectivity index (χ4v) is 2.28. The van der Waals surface area contributed by atoms with Crippen molar-refractivity contribution in [2.75, 3.05) is 18.5 Å². The Hall–Kier alpha value is -0.800. The maximum absolute atomic E-state index is 6.24. The van der Waals surface area contributed by atoms with Gasteiger partial charge in [-0.1, -0.05) is 38.8 Å². The third-order valence-electron chi connectivity index (χ3n) is 3.48. The van der Waals surface area contributed by atoms with Crippen LogP contribution in [0.25, 0.3) is 0 Å². The van der Waals surface area contributed by atoms with Crippen molar-refractivity contribution >= 4 is 17.4 Å². The molecule has 3 nitrogen and oxygen atoms in total. The third kappa shape index (κ3) is 5.29. The van der Waals surface area contributed by atoms with Crippen LogP contribution >= 0.6 is 11.6 Å². The van der Waals surface area contributed by atoms with Crippen molar-refractivity contribution in [3.63, 3.8) is 0 Å². The van der Waals surface area contributed by atoms with Gasteiger partial charge in [0, 0.05) is 19.6 Å². The van der Waals surface area contributed by atoms with Crippen LogP contribution in [0.1, 0.15) is 46.2 Å². The molecule has 1 unspecified atom stereocenters. The monoisotopic (exact) mass is 297 g/mol. The molecular formula is C16H28ClN3. The minimum Gasteiger partial charge on any atom is -0.357 e. The fourth-order valence-electron chi connectivity index (χ4n) is 2.11. The van der Waals surface area contributed by atoms with E-state index in [9.17, 15) is 0 Å². The Kier molecular flexibility index (Phi) is 7.31. The molecule has 0 radical (unpaired) electrons. The maximum atomic E-state index is 6.24. The summed E-state index contributed by atoms with van der Waals surface area (Å²) in [7, 11) is 2.10. The van der Waals surface area contributed by atoms with E-state index in [1.54, 1.807) is 0 Å². The zero-order valence-electron chi connectivity index (χ0n) is 13.4. The zero-order chi connectivity index (χ0) is 15.1. The smallest absolute Gasteiger partial charge is 0.128 e. The fraction of sp³-hybridized carbons (Fsp3) is 0.688. The van der Waals surface area contributed by atoms with Crippen molar-refractivity contribution < 1.29 is 0 Å². The first kappa shape index (κ1) is 17.3. The van der Waals surface area contributed by atoms with E-state index in [1.165, 1.54) is 12.8 Å². The average molecular weight is 298 g/mol. The molecule has 1 N–H and O–H groups in total. The van der Waals surface area contributed by atoms with Gasteiger partial charge in [0.2, 0.25) is 0 Å². The highest BCUT2D eigenvalue weighted by molar-refractivity contribution is 6.31. The molecule has 0 aliphatic heterocycles. The Balaban J connectivity index is 2.74. The lowest BCUT2D eigenvalue weighted by atomic mass is 10.1. The van der Waals surface area contributed by atoms with E-state index in [4.69, 9.17) is 16.6 Å². The number of hydrogen-bond donors (Lipinski definition) is 1. The van der Waals surface area contributed by atoms with Crippen molar-refractivity contribution in [1.29, 1.82) is 0 Å². The first-order valence-corrected chi connectivity index (χ1v) is 7.92.